The van der Waals surface area contributed by atoms with Crippen molar-refractivity contribution in [2.75, 3.05) is 6.61 Å². The topological polar surface area (TPSA) is 106 Å². The van der Waals surface area contributed by atoms with Gasteiger partial charge in [0.2, 0.25) is 0 Å². The van der Waals surface area contributed by atoms with Crippen molar-refractivity contribution >= 4 is 17.2 Å². The normalized spacial score (nSPS) is 12.0. The highest BCUT2D eigenvalue weighted by Gasteiger charge is 2.23. The second-order valence-electron chi connectivity index (χ2n) is 7.69. The second-order valence-corrected chi connectivity index (χ2v) is 8.64. The number of rotatable bonds is 9. The number of aliphatic hydroxyl groups excluding tert-OH is 1. The first kappa shape index (κ1) is 22.8. The van der Waals surface area contributed by atoms with Gasteiger partial charge in [-0.05, 0) is 54.5 Å². The molecule has 9 heteroatoms. The Morgan fingerprint density at radius 2 is 2.06 bits per heavy atom. The predicted molar refractivity (Wildman–Crippen MR) is 127 cm³/mol. The molecule has 1 amide bonds. The van der Waals surface area contributed by atoms with Gasteiger partial charge in [0.1, 0.15) is 0 Å². The van der Waals surface area contributed by atoms with Crippen LogP contribution in [0.2, 0.25) is 0 Å². The van der Waals surface area contributed by atoms with Crippen LogP contribution in [-0.2, 0) is 6.42 Å². The summed E-state index contributed by atoms with van der Waals surface area (Å²) in [5.41, 5.74) is 3.82. The number of unbranched alkanes of at least 4 members (excludes halogenated alkanes) is 1. The van der Waals surface area contributed by atoms with Gasteiger partial charge in [0.05, 0.1) is 40.7 Å². The molecule has 2 N–H and O–H groups in total. The van der Waals surface area contributed by atoms with Crippen LogP contribution in [-0.4, -0.2) is 42.4 Å². The highest BCUT2D eigenvalue weighted by molar-refractivity contribution is 7.13. The average Bonchev–Trinajstić information content (AvgIpc) is 3.52. The van der Waals surface area contributed by atoms with E-state index in [0.29, 0.717) is 17.9 Å². The van der Waals surface area contributed by atoms with Crippen molar-refractivity contribution in [3.63, 3.8) is 0 Å². The van der Waals surface area contributed by atoms with E-state index in [0.717, 1.165) is 40.2 Å². The molecule has 1 unspecified atom stereocenters. The zero-order chi connectivity index (χ0) is 23.2. The second kappa shape index (κ2) is 10.5. The van der Waals surface area contributed by atoms with Gasteiger partial charge in [0, 0.05) is 18.6 Å². The molecule has 1 atom stereocenters. The Morgan fingerprint density at radius 1 is 1.24 bits per heavy atom. The quantitative estimate of drug-likeness (QED) is 0.391. The number of pyridine rings is 1. The van der Waals surface area contributed by atoms with E-state index in [1.54, 1.807) is 52.9 Å². The monoisotopic (exact) mass is 462 g/mol. The summed E-state index contributed by atoms with van der Waals surface area (Å²) >= 11 is 1.62. The van der Waals surface area contributed by atoms with Crippen molar-refractivity contribution in [2.45, 2.75) is 39.2 Å². The Kier molecular flexibility index (Phi) is 7.21. The van der Waals surface area contributed by atoms with Gasteiger partial charge < -0.3 is 10.4 Å². The van der Waals surface area contributed by atoms with Gasteiger partial charge in [-0.3, -0.25) is 9.78 Å². The first-order valence-corrected chi connectivity index (χ1v) is 11.8. The molecule has 4 aromatic rings. The molecule has 0 aliphatic carbocycles. The van der Waals surface area contributed by atoms with E-state index in [1.807, 2.05) is 24.4 Å². The predicted octanol–water partition coefficient (Wildman–Crippen LogP) is 3.90. The minimum absolute atomic E-state index is 0.223. The summed E-state index contributed by atoms with van der Waals surface area (Å²) in [6.45, 7) is 3.86. The average molecular weight is 463 g/mol. The van der Waals surface area contributed by atoms with E-state index in [2.05, 4.69) is 27.3 Å². The molecule has 0 spiro atoms. The molecule has 0 saturated heterocycles. The zero-order valence-corrected chi connectivity index (χ0v) is 19.4. The van der Waals surface area contributed by atoms with E-state index >= 15 is 0 Å². The third-order valence-electron chi connectivity index (χ3n) is 5.38. The summed E-state index contributed by atoms with van der Waals surface area (Å²) in [7, 11) is 0. The van der Waals surface area contributed by atoms with E-state index < -0.39 is 6.04 Å². The molecule has 0 fully saturated rings. The van der Waals surface area contributed by atoms with E-state index in [9.17, 15) is 9.90 Å². The highest BCUT2D eigenvalue weighted by atomic mass is 32.1. The summed E-state index contributed by atoms with van der Waals surface area (Å²) in [5.74, 6) is 0.135. The lowest BCUT2D eigenvalue weighted by Gasteiger charge is -2.17. The number of carbonyl (C=O) groups excluding carboxylic acids is 1. The SMILES string of the molecule is CCCCc1c(C(=O)NC(CO)c2ccncc2)cnn1-c1ncc(C)c(-c2cccs2)n1. The summed E-state index contributed by atoms with van der Waals surface area (Å²) in [4.78, 5) is 27.5. The number of hydrogen-bond donors (Lipinski definition) is 2. The maximum atomic E-state index is 13.2. The van der Waals surface area contributed by atoms with Crippen molar-refractivity contribution < 1.29 is 9.90 Å². The third-order valence-corrected chi connectivity index (χ3v) is 6.26. The maximum absolute atomic E-state index is 13.2. The molecular formula is C24H26N6O2S. The van der Waals surface area contributed by atoms with Gasteiger partial charge in [0.25, 0.3) is 11.9 Å². The van der Waals surface area contributed by atoms with Gasteiger partial charge in [-0.15, -0.1) is 11.3 Å². The highest BCUT2D eigenvalue weighted by Crippen LogP contribution is 2.26. The lowest BCUT2D eigenvalue weighted by molar-refractivity contribution is 0.0915. The molecule has 0 saturated carbocycles. The number of amides is 1. The number of nitrogens with zero attached hydrogens (tertiary/aromatic N) is 5. The molecule has 0 radical (unpaired) electrons. The van der Waals surface area contributed by atoms with Crippen LogP contribution in [0.15, 0.2) is 54.4 Å². The number of aromatic nitrogens is 5. The fraction of sp³-hybridized carbons (Fsp3) is 0.292. The van der Waals surface area contributed by atoms with Crippen molar-refractivity contribution in [3.8, 4) is 16.5 Å². The Labute approximate surface area is 196 Å². The van der Waals surface area contributed by atoms with Crippen molar-refractivity contribution in [1.82, 2.24) is 30.0 Å². The van der Waals surface area contributed by atoms with E-state index in [1.165, 1.54) is 0 Å². The Morgan fingerprint density at radius 3 is 2.76 bits per heavy atom. The third kappa shape index (κ3) is 4.99. The first-order chi connectivity index (χ1) is 16.1. The molecule has 170 valence electrons. The van der Waals surface area contributed by atoms with Crippen LogP contribution in [0.1, 0.15) is 53.0 Å². The standard InChI is InChI=1S/C24H26N6O2S/c1-3-4-6-20-18(23(32)28-19(15-31)17-8-10-25-11-9-17)14-27-30(20)24-26-13-16(2)22(29-24)21-7-5-12-33-21/h5,7-14,19,31H,3-4,6,15H2,1-2H3,(H,28,32). The zero-order valence-electron chi connectivity index (χ0n) is 18.6. The molecule has 0 bridgehead atoms. The molecule has 8 nitrogen and oxygen atoms in total. The Bertz CT molecular complexity index is 1210. The Balaban J connectivity index is 1.68. The van der Waals surface area contributed by atoms with Crippen LogP contribution >= 0.6 is 11.3 Å². The molecule has 33 heavy (non-hydrogen) atoms. The van der Waals surface area contributed by atoms with Gasteiger partial charge in [-0.1, -0.05) is 19.4 Å². The van der Waals surface area contributed by atoms with Gasteiger partial charge in [-0.2, -0.15) is 5.10 Å². The fourth-order valence-electron chi connectivity index (χ4n) is 3.58. The molecule has 4 rings (SSSR count). The van der Waals surface area contributed by atoms with Crippen LogP contribution in [0.4, 0.5) is 0 Å². The molecule has 4 aromatic heterocycles. The number of nitrogens with one attached hydrogen (secondary N) is 1. The van der Waals surface area contributed by atoms with Crippen molar-refractivity contribution in [1.29, 1.82) is 0 Å². The molecule has 0 aliphatic rings. The van der Waals surface area contributed by atoms with Crippen LogP contribution in [0.5, 0.6) is 0 Å². The smallest absolute Gasteiger partial charge is 0.255 e. The minimum atomic E-state index is -0.538. The fourth-order valence-corrected chi connectivity index (χ4v) is 4.36. The maximum Gasteiger partial charge on any atom is 0.255 e. The largest absolute Gasteiger partial charge is 0.394 e. The molecule has 4 heterocycles. The molecule has 0 aliphatic heterocycles. The van der Waals surface area contributed by atoms with Crippen molar-refractivity contribution in [3.05, 3.63) is 76.8 Å². The number of carbonyl (C=O) groups is 1. The number of hydrogen-bond acceptors (Lipinski definition) is 7. The van der Waals surface area contributed by atoms with Crippen LogP contribution in [0, 0.1) is 6.92 Å². The van der Waals surface area contributed by atoms with E-state index in [4.69, 9.17) is 4.98 Å². The van der Waals surface area contributed by atoms with Gasteiger partial charge >= 0.3 is 0 Å². The van der Waals surface area contributed by atoms with Crippen molar-refractivity contribution in [2.24, 2.45) is 0 Å². The lowest BCUT2D eigenvalue weighted by atomic mass is 10.1. The van der Waals surface area contributed by atoms with Crippen LogP contribution < -0.4 is 5.32 Å². The summed E-state index contributed by atoms with van der Waals surface area (Å²) in [6.07, 6.45) is 9.12. The minimum Gasteiger partial charge on any atom is -0.394 e. The summed E-state index contributed by atoms with van der Waals surface area (Å²) in [5, 5.41) is 19.2. The number of thiophene rings is 1. The van der Waals surface area contributed by atoms with Crippen LogP contribution in [0.25, 0.3) is 16.5 Å². The summed E-state index contributed by atoms with van der Waals surface area (Å²) in [6, 6.07) is 7.02. The Hall–Kier alpha value is -3.43. The first-order valence-electron chi connectivity index (χ1n) is 10.9. The van der Waals surface area contributed by atoms with Gasteiger partial charge in [-0.25, -0.2) is 14.6 Å². The van der Waals surface area contributed by atoms with E-state index in [-0.39, 0.29) is 12.5 Å². The number of aliphatic hydroxyl groups is 1. The number of aryl methyl sites for hydroxylation is 1. The summed E-state index contributed by atoms with van der Waals surface area (Å²) < 4.78 is 1.65. The van der Waals surface area contributed by atoms with Gasteiger partial charge in [0.15, 0.2) is 0 Å². The molecular weight excluding hydrogens is 436 g/mol. The van der Waals surface area contributed by atoms with Crippen LogP contribution in [0.3, 0.4) is 0 Å². The lowest BCUT2D eigenvalue weighted by Crippen LogP contribution is -2.31. The molecule has 0 aromatic carbocycles.